The van der Waals surface area contributed by atoms with Gasteiger partial charge in [0, 0.05) is 22.2 Å². The second-order valence-electron chi connectivity index (χ2n) is 3.47. The highest BCUT2D eigenvalue weighted by molar-refractivity contribution is 7.98. The highest BCUT2D eigenvalue weighted by atomic mass is 32.2. The average molecular weight is 250 g/mol. The maximum absolute atomic E-state index is 4.31. The van der Waals surface area contributed by atoms with E-state index in [4.69, 9.17) is 0 Å². The predicted molar refractivity (Wildman–Crippen MR) is 72.4 cm³/mol. The molecule has 1 N–H and O–H groups in total. The van der Waals surface area contributed by atoms with E-state index in [9.17, 15) is 0 Å². The molecule has 84 valence electrons. The summed E-state index contributed by atoms with van der Waals surface area (Å²) in [6.45, 7) is 2.13. The van der Waals surface area contributed by atoms with Crippen LogP contribution in [0.3, 0.4) is 0 Å². The summed E-state index contributed by atoms with van der Waals surface area (Å²) in [7, 11) is 0. The van der Waals surface area contributed by atoms with E-state index in [1.807, 2.05) is 11.6 Å². The van der Waals surface area contributed by atoms with E-state index >= 15 is 0 Å². The van der Waals surface area contributed by atoms with Crippen molar-refractivity contribution in [1.29, 1.82) is 0 Å². The number of nitrogens with zero attached hydrogens (tertiary/aromatic N) is 1. The molecule has 0 aliphatic heterocycles. The van der Waals surface area contributed by atoms with Crippen LogP contribution in [0.25, 0.3) is 0 Å². The fourth-order valence-corrected chi connectivity index (χ4v) is 2.58. The third kappa shape index (κ3) is 2.77. The molecule has 1 aromatic heterocycles. The van der Waals surface area contributed by atoms with Gasteiger partial charge in [0.05, 0.1) is 6.04 Å². The molecule has 1 unspecified atom stereocenters. The van der Waals surface area contributed by atoms with Gasteiger partial charge in [-0.05, 0) is 31.4 Å². The number of rotatable bonds is 4. The van der Waals surface area contributed by atoms with Crippen LogP contribution in [0.5, 0.6) is 0 Å². The Kier molecular flexibility index (Phi) is 3.85. The van der Waals surface area contributed by atoms with E-state index in [2.05, 4.69) is 47.7 Å². The standard InChI is InChI=1S/C12H14N2S2/c1-9(12-13-6-7-16-12)14-10-4-3-5-11(8-10)15-2/h3-9,14H,1-2H3. The number of aromatic nitrogens is 1. The van der Waals surface area contributed by atoms with E-state index in [0.717, 1.165) is 10.7 Å². The fraction of sp³-hybridized carbons (Fsp3) is 0.250. The summed E-state index contributed by atoms with van der Waals surface area (Å²) in [6.07, 6.45) is 3.93. The van der Waals surface area contributed by atoms with Crippen LogP contribution in [-0.4, -0.2) is 11.2 Å². The van der Waals surface area contributed by atoms with Gasteiger partial charge in [-0.25, -0.2) is 4.98 Å². The lowest BCUT2D eigenvalue weighted by molar-refractivity contribution is 0.869. The first kappa shape index (κ1) is 11.5. The molecule has 1 heterocycles. The van der Waals surface area contributed by atoms with Gasteiger partial charge in [-0.3, -0.25) is 0 Å². The van der Waals surface area contributed by atoms with Crippen LogP contribution in [-0.2, 0) is 0 Å². The number of nitrogens with one attached hydrogen (secondary N) is 1. The summed E-state index contributed by atoms with van der Waals surface area (Å²) in [5, 5.41) is 6.58. The molecule has 0 radical (unpaired) electrons. The van der Waals surface area contributed by atoms with Gasteiger partial charge in [-0.1, -0.05) is 6.07 Å². The van der Waals surface area contributed by atoms with Crippen molar-refractivity contribution in [3.63, 3.8) is 0 Å². The summed E-state index contributed by atoms with van der Waals surface area (Å²) in [5.41, 5.74) is 1.15. The number of hydrogen-bond acceptors (Lipinski definition) is 4. The minimum atomic E-state index is 0.261. The fourth-order valence-electron chi connectivity index (χ4n) is 1.47. The molecular formula is C12H14N2S2. The number of thioether (sulfide) groups is 1. The zero-order valence-electron chi connectivity index (χ0n) is 9.31. The third-order valence-electron chi connectivity index (χ3n) is 2.27. The topological polar surface area (TPSA) is 24.9 Å². The van der Waals surface area contributed by atoms with Crippen molar-refractivity contribution in [2.45, 2.75) is 17.9 Å². The third-order valence-corrected chi connectivity index (χ3v) is 3.96. The van der Waals surface area contributed by atoms with Gasteiger partial charge in [0.1, 0.15) is 5.01 Å². The molecule has 1 aromatic carbocycles. The van der Waals surface area contributed by atoms with Crippen LogP contribution < -0.4 is 5.32 Å². The Hall–Kier alpha value is -1.00. The van der Waals surface area contributed by atoms with Gasteiger partial charge in [0.15, 0.2) is 0 Å². The van der Waals surface area contributed by atoms with E-state index in [0.29, 0.717) is 0 Å². The smallest absolute Gasteiger partial charge is 0.115 e. The molecule has 2 nitrogen and oxygen atoms in total. The monoisotopic (exact) mass is 250 g/mol. The van der Waals surface area contributed by atoms with Crippen LogP contribution in [0.4, 0.5) is 5.69 Å². The Morgan fingerprint density at radius 1 is 1.44 bits per heavy atom. The number of thiazole rings is 1. The summed E-state index contributed by atoms with van der Waals surface area (Å²) < 4.78 is 0. The first-order valence-corrected chi connectivity index (χ1v) is 7.20. The van der Waals surface area contributed by atoms with Crippen LogP contribution in [0.2, 0.25) is 0 Å². The van der Waals surface area contributed by atoms with Gasteiger partial charge in [-0.2, -0.15) is 0 Å². The lowest BCUT2D eigenvalue weighted by Crippen LogP contribution is -2.05. The van der Waals surface area contributed by atoms with Crippen molar-refractivity contribution in [1.82, 2.24) is 4.98 Å². The summed E-state index contributed by atoms with van der Waals surface area (Å²) in [5.74, 6) is 0. The van der Waals surface area contributed by atoms with Gasteiger partial charge >= 0.3 is 0 Å². The van der Waals surface area contributed by atoms with Crippen molar-refractivity contribution in [2.75, 3.05) is 11.6 Å². The Morgan fingerprint density at radius 3 is 3.00 bits per heavy atom. The number of benzene rings is 1. The van der Waals surface area contributed by atoms with Crippen molar-refractivity contribution < 1.29 is 0 Å². The second kappa shape index (κ2) is 5.37. The Balaban J connectivity index is 2.08. The summed E-state index contributed by atoms with van der Waals surface area (Å²) in [6, 6.07) is 8.70. The van der Waals surface area contributed by atoms with E-state index < -0.39 is 0 Å². The first-order chi connectivity index (χ1) is 7.79. The zero-order valence-corrected chi connectivity index (χ0v) is 10.9. The molecule has 4 heteroatoms. The second-order valence-corrected chi connectivity index (χ2v) is 5.27. The molecule has 1 atom stereocenters. The first-order valence-electron chi connectivity index (χ1n) is 5.09. The van der Waals surface area contributed by atoms with Gasteiger partial charge < -0.3 is 5.32 Å². The predicted octanol–water partition coefficient (Wildman–Crippen LogP) is 4.04. The molecule has 16 heavy (non-hydrogen) atoms. The van der Waals surface area contributed by atoms with Crippen LogP contribution in [0.15, 0.2) is 40.7 Å². The Morgan fingerprint density at radius 2 is 2.31 bits per heavy atom. The van der Waals surface area contributed by atoms with Crippen LogP contribution in [0.1, 0.15) is 18.0 Å². The zero-order chi connectivity index (χ0) is 11.4. The van der Waals surface area contributed by atoms with Crippen molar-refractivity contribution >= 4 is 28.8 Å². The molecule has 0 fully saturated rings. The minimum absolute atomic E-state index is 0.261. The lowest BCUT2D eigenvalue weighted by Gasteiger charge is -2.13. The highest BCUT2D eigenvalue weighted by Crippen LogP contribution is 2.24. The molecule has 2 rings (SSSR count). The van der Waals surface area contributed by atoms with Crippen LogP contribution >= 0.6 is 23.1 Å². The highest BCUT2D eigenvalue weighted by Gasteiger charge is 2.07. The Labute approximate surface area is 104 Å². The van der Waals surface area contributed by atoms with Crippen molar-refractivity contribution in [2.24, 2.45) is 0 Å². The van der Waals surface area contributed by atoms with Gasteiger partial charge in [-0.15, -0.1) is 23.1 Å². The lowest BCUT2D eigenvalue weighted by atomic mass is 10.3. The molecule has 0 saturated carbocycles. The Bertz CT molecular complexity index is 440. The largest absolute Gasteiger partial charge is 0.376 e. The number of anilines is 1. The van der Waals surface area contributed by atoms with E-state index in [-0.39, 0.29) is 6.04 Å². The molecule has 0 aliphatic rings. The molecule has 0 bridgehead atoms. The summed E-state index contributed by atoms with van der Waals surface area (Å²) >= 11 is 3.44. The molecule has 0 amide bonds. The van der Waals surface area contributed by atoms with E-state index in [1.54, 1.807) is 23.1 Å². The van der Waals surface area contributed by atoms with Crippen molar-refractivity contribution in [3.05, 3.63) is 40.8 Å². The van der Waals surface area contributed by atoms with Gasteiger partial charge in [0.25, 0.3) is 0 Å². The summed E-state index contributed by atoms with van der Waals surface area (Å²) in [4.78, 5) is 5.58. The maximum Gasteiger partial charge on any atom is 0.115 e. The number of hydrogen-bond donors (Lipinski definition) is 1. The van der Waals surface area contributed by atoms with E-state index in [1.165, 1.54) is 4.90 Å². The SMILES string of the molecule is CSc1cccc(NC(C)c2nccs2)c1. The minimum Gasteiger partial charge on any atom is -0.376 e. The maximum atomic E-state index is 4.31. The van der Waals surface area contributed by atoms with Gasteiger partial charge in [0.2, 0.25) is 0 Å². The average Bonchev–Trinajstić information content (AvgIpc) is 2.83. The van der Waals surface area contributed by atoms with Crippen molar-refractivity contribution in [3.8, 4) is 0 Å². The quantitative estimate of drug-likeness (QED) is 0.829. The molecule has 0 spiro atoms. The molecular weight excluding hydrogens is 236 g/mol. The molecule has 0 saturated heterocycles. The van der Waals surface area contributed by atoms with Crippen LogP contribution in [0, 0.1) is 0 Å². The molecule has 0 aliphatic carbocycles. The normalized spacial score (nSPS) is 12.4. The molecule has 2 aromatic rings.